The highest BCUT2D eigenvalue weighted by Crippen LogP contribution is 2.23. The number of hydrogen-bond donors (Lipinski definition) is 2. The molecule has 1 heterocycles. The molecular weight excluding hydrogens is 289 g/mol. The Hall–Kier alpha value is -1.69. The molecule has 0 aliphatic heterocycles. The lowest BCUT2D eigenvalue weighted by Crippen LogP contribution is -2.07. The second kappa shape index (κ2) is 4.67. The molecule has 0 saturated carbocycles. The van der Waals surface area contributed by atoms with Crippen LogP contribution in [0.3, 0.4) is 0 Å². The molecule has 1 aromatic carbocycles. The van der Waals surface area contributed by atoms with Crippen LogP contribution in [-0.4, -0.2) is 15.8 Å². The highest BCUT2D eigenvalue weighted by molar-refractivity contribution is 9.10. The normalized spacial score (nSPS) is 10.5. The molecule has 0 spiro atoms. The second-order valence-electron chi connectivity index (χ2n) is 3.49. The second-order valence-corrected chi connectivity index (χ2v) is 4.34. The molecule has 0 aliphatic rings. The summed E-state index contributed by atoms with van der Waals surface area (Å²) in [5.41, 5.74) is 5.73. The van der Waals surface area contributed by atoms with Crippen molar-refractivity contribution in [3.63, 3.8) is 0 Å². The molecule has 0 amide bonds. The fourth-order valence-electron chi connectivity index (χ4n) is 1.42. The van der Waals surface area contributed by atoms with Crippen molar-refractivity contribution in [2.45, 2.75) is 6.42 Å². The van der Waals surface area contributed by atoms with Gasteiger partial charge in [-0.1, -0.05) is 0 Å². The number of hydrogen-bond acceptors (Lipinski definition) is 3. The maximum atomic E-state index is 13.1. The Balaban J connectivity index is 2.28. The Bertz CT molecular complexity index is 554. The van der Waals surface area contributed by atoms with Gasteiger partial charge in [-0.25, -0.2) is 9.37 Å². The Morgan fingerprint density at radius 2 is 2.29 bits per heavy atom. The number of nitrogens with two attached hydrogens (primary N) is 1. The molecule has 0 saturated heterocycles. The lowest BCUT2D eigenvalue weighted by Gasteiger charge is -2.05. The monoisotopic (exact) mass is 297 g/mol. The van der Waals surface area contributed by atoms with Gasteiger partial charge < -0.3 is 10.7 Å². The molecule has 0 aliphatic carbocycles. The zero-order valence-corrected chi connectivity index (χ0v) is 10.3. The maximum Gasteiger partial charge on any atom is 0.171 e. The Labute approximate surface area is 105 Å². The third-order valence-corrected chi connectivity index (χ3v) is 2.93. The van der Waals surface area contributed by atoms with E-state index in [9.17, 15) is 9.18 Å². The number of carbonyl (C=O) groups is 1. The number of carbonyl (C=O) groups excluding carboxylic acids is 1. The van der Waals surface area contributed by atoms with Crippen molar-refractivity contribution in [3.8, 4) is 0 Å². The predicted octanol–water partition coefficient (Wildman–Crippen LogP) is 2.32. The van der Waals surface area contributed by atoms with Gasteiger partial charge in [0.2, 0.25) is 0 Å². The van der Waals surface area contributed by atoms with Gasteiger partial charge in [0.15, 0.2) is 5.78 Å². The number of ketones is 1. The van der Waals surface area contributed by atoms with Crippen molar-refractivity contribution in [2.24, 2.45) is 0 Å². The third-order valence-electron chi connectivity index (χ3n) is 2.27. The Kier molecular flexibility index (Phi) is 3.23. The van der Waals surface area contributed by atoms with Gasteiger partial charge in [-0.2, -0.15) is 0 Å². The van der Waals surface area contributed by atoms with Crippen molar-refractivity contribution in [2.75, 3.05) is 5.73 Å². The minimum absolute atomic E-state index is 0.0454. The lowest BCUT2D eigenvalue weighted by molar-refractivity contribution is 0.0990. The van der Waals surface area contributed by atoms with Crippen LogP contribution >= 0.6 is 15.9 Å². The average Bonchev–Trinajstić information content (AvgIpc) is 2.76. The van der Waals surface area contributed by atoms with Crippen LogP contribution in [0.1, 0.15) is 16.2 Å². The average molecular weight is 298 g/mol. The SMILES string of the molecule is Nc1cc(C(=O)Cc2ncc[nH]2)c(Br)cc1F. The van der Waals surface area contributed by atoms with Crippen LogP contribution in [0.15, 0.2) is 29.0 Å². The topological polar surface area (TPSA) is 71.8 Å². The van der Waals surface area contributed by atoms with Gasteiger partial charge in [-0.05, 0) is 28.1 Å². The van der Waals surface area contributed by atoms with Gasteiger partial charge in [0.1, 0.15) is 11.6 Å². The van der Waals surface area contributed by atoms with Crippen LogP contribution in [0.25, 0.3) is 0 Å². The highest BCUT2D eigenvalue weighted by Gasteiger charge is 2.14. The largest absolute Gasteiger partial charge is 0.396 e. The summed E-state index contributed by atoms with van der Waals surface area (Å²) in [5, 5.41) is 0. The van der Waals surface area contributed by atoms with Crippen molar-refractivity contribution >= 4 is 27.4 Å². The first-order valence-electron chi connectivity index (χ1n) is 4.84. The number of nitrogens with zero attached hydrogens (tertiary/aromatic N) is 1. The third kappa shape index (κ3) is 2.52. The lowest BCUT2D eigenvalue weighted by atomic mass is 10.1. The van der Waals surface area contributed by atoms with Gasteiger partial charge in [0.25, 0.3) is 0 Å². The van der Waals surface area contributed by atoms with E-state index in [1.165, 1.54) is 12.1 Å². The van der Waals surface area contributed by atoms with E-state index in [0.29, 0.717) is 15.9 Å². The molecule has 0 atom stereocenters. The molecule has 3 N–H and O–H groups in total. The highest BCUT2D eigenvalue weighted by atomic mass is 79.9. The van der Waals surface area contributed by atoms with Crippen LogP contribution in [0.2, 0.25) is 0 Å². The molecule has 17 heavy (non-hydrogen) atoms. The van der Waals surface area contributed by atoms with Crippen molar-refractivity contribution in [3.05, 3.63) is 46.2 Å². The zero-order chi connectivity index (χ0) is 12.4. The molecule has 0 bridgehead atoms. The van der Waals surface area contributed by atoms with Gasteiger partial charge in [-0.3, -0.25) is 4.79 Å². The number of nitrogens with one attached hydrogen (secondary N) is 1. The predicted molar refractivity (Wildman–Crippen MR) is 65.1 cm³/mol. The number of halogens is 2. The summed E-state index contributed by atoms with van der Waals surface area (Å²) in [6.45, 7) is 0. The quantitative estimate of drug-likeness (QED) is 0.674. The van der Waals surface area contributed by atoms with Crippen molar-refractivity contribution < 1.29 is 9.18 Å². The first-order chi connectivity index (χ1) is 8.08. The summed E-state index contributed by atoms with van der Waals surface area (Å²) >= 11 is 3.14. The molecule has 0 radical (unpaired) electrons. The van der Waals surface area contributed by atoms with Gasteiger partial charge >= 0.3 is 0 Å². The summed E-state index contributed by atoms with van der Waals surface area (Å²) in [7, 11) is 0. The van der Waals surface area contributed by atoms with Crippen molar-refractivity contribution in [1.82, 2.24) is 9.97 Å². The van der Waals surface area contributed by atoms with E-state index in [-0.39, 0.29) is 17.9 Å². The summed E-state index contributed by atoms with van der Waals surface area (Å²) in [5.74, 6) is -0.172. The van der Waals surface area contributed by atoms with E-state index in [4.69, 9.17) is 5.73 Å². The van der Waals surface area contributed by atoms with E-state index in [0.717, 1.165) is 0 Å². The molecule has 2 rings (SSSR count). The zero-order valence-electron chi connectivity index (χ0n) is 8.71. The molecule has 2 aromatic rings. The van der Waals surface area contributed by atoms with E-state index in [1.54, 1.807) is 12.4 Å². The van der Waals surface area contributed by atoms with Crippen LogP contribution in [0.4, 0.5) is 10.1 Å². The number of aromatic amines is 1. The van der Waals surface area contributed by atoms with Crippen molar-refractivity contribution in [1.29, 1.82) is 0 Å². The van der Waals surface area contributed by atoms with Gasteiger partial charge in [0, 0.05) is 22.4 Å². The number of H-pyrrole nitrogens is 1. The van der Waals surface area contributed by atoms with Crippen LogP contribution in [0.5, 0.6) is 0 Å². The maximum absolute atomic E-state index is 13.1. The van der Waals surface area contributed by atoms with E-state index in [1.807, 2.05) is 0 Å². The smallest absolute Gasteiger partial charge is 0.171 e. The van der Waals surface area contributed by atoms with Crippen LogP contribution < -0.4 is 5.73 Å². The van der Waals surface area contributed by atoms with Crippen LogP contribution in [0, 0.1) is 5.82 Å². The van der Waals surface area contributed by atoms with Crippen LogP contribution in [-0.2, 0) is 6.42 Å². The number of imidazole rings is 1. The van der Waals surface area contributed by atoms with E-state index in [2.05, 4.69) is 25.9 Å². The molecule has 1 aromatic heterocycles. The minimum Gasteiger partial charge on any atom is -0.396 e. The summed E-state index contributed by atoms with van der Waals surface area (Å²) in [6.07, 6.45) is 3.32. The molecular formula is C11H9BrFN3O. The molecule has 4 nitrogen and oxygen atoms in total. The molecule has 88 valence electrons. The first-order valence-corrected chi connectivity index (χ1v) is 5.63. The molecule has 0 unspecified atom stereocenters. The minimum atomic E-state index is -0.550. The van der Waals surface area contributed by atoms with E-state index >= 15 is 0 Å². The molecule has 0 fully saturated rings. The van der Waals surface area contributed by atoms with Gasteiger partial charge in [-0.15, -0.1) is 0 Å². The Morgan fingerprint density at radius 3 is 2.94 bits per heavy atom. The van der Waals surface area contributed by atoms with E-state index < -0.39 is 5.82 Å². The summed E-state index contributed by atoms with van der Waals surface area (Å²) in [6, 6.07) is 2.51. The number of Topliss-reactive ketones (excluding diaryl/α,β-unsaturated/α-hetero) is 1. The first kappa shape index (κ1) is 11.8. The number of nitrogen functional groups attached to an aromatic ring is 1. The fourth-order valence-corrected chi connectivity index (χ4v) is 1.96. The summed E-state index contributed by atoms with van der Waals surface area (Å²) in [4.78, 5) is 18.7. The summed E-state index contributed by atoms with van der Waals surface area (Å²) < 4.78 is 13.5. The Morgan fingerprint density at radius 1 is 1.53 bits per heavy atom. The fraction of sp³-hybridized carbons (Fsp3) is 0.0909. The molecule has 6 heteroatoms. The number of anilines is 1. The standard InChI is InChI=1S/C11H9BrFN3O/c12-7-4-8(13)9(14)3-6(7)10(17)5-11-15-1-2-16-11/h1-4H,5,14H2,(H,15,16). The van der Waals surface area contributed by atoms with Gasteiger partial charge in [0.05, 0.1) is 12.1 Å². The number of benzene rings is 1. The number of rotatable bonds is 3. The number of aromatic nitrogens is 2.